The van der Waals surface area contributed by atoms with Gasteiger partial charge in [-0.2, -0.15) is 9.78 Å². The summed E-state index contributed by atoms with van der Waals surface area (Å²) in [6.07, 6.45) is 2.79. The number of primary amides is 1. The average Bonchev–Trinajstić information content (AvgIpc) is 3.53. The molecule has 0 unspecified atom stereocenters. The van der Waals surface area contributed by atoms with E-state index < -0.39 is 11.8 Å². The van der Waals surface area contributed by atoms with Gasteiger partial charge in [-0.1, -0.05) is 17.3 Å². The molecule has 0 aliphatic heterocycles. The number of para-hydroxylation sites is 1. The molecule has 1 aromatic carbocycles. The highest BCUT2D eigenvalue weighted by Gasteiger charge is 2.24. The summed E-state index contributed by atoms with van der Waals surface area (Å²) < 4.78 is 10.9. The molecule has 32 heavy (non-hydrogen) atoms. The van der Waals surface area contributed by atoms with Gasteiger partial charge in [0.05, 0.1) is 30.3 Å². The van der Waals surface area contributed by atoms with E-state index in [9.17, 15) is 9.59 Å². The summed E-state index contributed by atoms with van der Waals surface area (Å²) in [5.74, 6) is -0.851. The molecule has 0 radical (unpaired) electrons. The Morgan fingerprint density at radius 2 is 2.03 bits per heavy atom. The van der Waals surface area contributed by atoms with Gasteiger partial charge in [-0.15, -0.1) is 5.10 Å². The number of nitrogen functional groups attached to an aromatic ring is 1. The van der Waals surface area contributed by atoms with Crippen molar-refractivity contribution >= 4 is 29.5 Å². The molecule has 14 heteroatoms. The van der Waals surface area contributed by atoms with E-state index in [4.69, 9.17) is 15.9 Å². The monoisotopic (exact) mass is 436 g/mol. The van der Waals surface area contributed by atoms with Crippen LogP contribution < -0.4 is 22.2 Å². The number of rotatable bonds is 8. The summed E-state index contributed by atoms with van der Waals surface area (Å²) in [6.45, 7) is -0.00571. The lowest BCUT2D eigenvalue weighted by molar-refractivity contribution is 0.0947. The third-order valence-electron chi connectivity index (χ3n) is 4.21. The van der Waals surface area contributed by atoms with E-state index in [1.807, 2.05) is 0 Å². The standard InChI is InChI=1S/C18H16N10O4/c19-15-17(26-32-25-15)28-13(9-21-12-6-2-1-5-11(12)16(20)29)14(23-27-28)18(30)24-22-8-10-4-3-7-31-10/h1-8,21H,9H2,(H2,19,25)(H2,20,29)(H,24,30)/b22-8-. The van der Waals surface area contributed by atoms with Crippen LogP contribution in [-0.4, -0.2) is 43.3 Å². The summed E-state index contributed by atoms with van der Waals surface area (Å²) >= 11 is 0. The molecule has 162 valence electrons. The number of carbonyl (C=O) groups excluding carboxylic acids is 2. The van der Waals surface area contributed by atoms with E-state index in [0.717, 1.165) is 0 Å². The molecule has 4 aromatic rings. The zero-order valence-corrected chi connectivity index (χ0v) is 16.3. The largest absolute Gasteiger partial charge is 0.463 e. The number of carbonyl (C=O) groups is 2. The Kier molecular flexibility index (Phi) is 5.56. The summed E-state index contributed by atoms with van der Waals surface area (Å²) in [6, 6.07) is 9.97. The molecule has 0 saturated heterocycles. The van der Waals surface area contributed by atoms with E-state index in [1.165, 1.54) is 17.2 Å². The fourth-order valence-corrected chi connectivity index (χ4v) is 2.75. The fourth-order valence-electron chi connectivity index (χ4n) is 2.75. The minimum Gasteiger partial charge on any atom is -0.463 e. The van der Waals surface area contributed by atoms with Gasteiger partial charge in [0.2, 0.25) is 11.6 Å². The first-order valence-corrected chi connectivity index (χ1v) is 9.07. The van der Waals surface area contributed by atoms with Crippen molar-refractivity contribution in [1.82, 2.24) is 30.7 Å². The number of aromatic nitrogens is 5. The first kappa shape index (κ1) is 20.3. The van der Waals surface area contributed by atoms with Crippen molar-refractivity contribution in [2.45, 2.75) is 6.54 Å². The highest BCUT2D eigenvalue weighted by molar-refractivity contribution is 5.98. The van der Waals surface area contributed by atoms with Crippen molar-refractivity contribution in [3.63, 3.8) is 0 Å². The Hall–Kier alpha value is -5.01. The van der Waals surface area contributed by atoms with Gasteiger partial charge >= 0.3 is 0 Å². The molecule has 3 aromatic heterocycles. The lowest BCUT2D eigenvalue weighted by atomic mass is 10.1. The normalized spacial score (nSPS) is 11.0. The van der Waals surface area contributed by atoms with Crippen LogP contribution in [0.15, 0.2) is 56.8 Å². The van der Waals surface area contributed by atoms with E-state index in [1.54, 1.807) is 36.4 Å². The van der Waals surface area contributed by atoms with Crippen LogP contribution >= 0.6 is 0 Å². The van der Waals surface area contributed by atoms with E-state index >= 15 is 0 Å². The minimum absolute atomic E-state index is 0.00571. The van der Waals surface area contributed by atoms with Crippen LogP contribution in [0.4, 0.5) is 11.5 Å². The average molecular weight is 436 g/mol. The summed E-state index contributed by atoms with van der Waals surface area (Å²) in [5, 5.41) is 21.9. The van der Waals surface area contributed by atoms with E-state index in [-0.39, 0.29) is 35.1 Å². The molecule has 14 nitrogen and oxygen atoms in total. The van der Waals surface area contributed by atoms with E-state index in [0.29, 0.717) is 11.4 Å². The maximum atomic E-state index is 12.7. The summed E-state index contributed by atoms with van der Waals surface area (Å²) in [5.41, 5.74) is 14.4. The van der Waals surface area contributed by atoms with E-state index in [2.05, 4.69) is 41.1 Å². The second-order valence-electron chi connectivity index (χ2n) is 6.25. The van der Waals surface area contributed by atoms with Crippen molar-refractivity contribution < 1.29 is 18.6 Å². The molecular formula is C18H16N10O4. The Labute approximate surface area is 179 Å². The predicted molar refractivity (Wildman–Crippen MR) is 110 cm³/mol. The Bertz CT molecular complexity index is 1270. The molecular weight excluding hydrogens is 420 g/mol. The van der Waals surface area contributed by atoms with Gasteiger partial charge in [-0.05, 0) is 34.6 Å². The molecule has 0 aliphatic rings. The maximum Gasteiger partial charge on any atom is 0.293 e. The van der Waals surface area contributed by atoms with Gasteiger partial charge in [0, 0.05) is 5.69 Å². The number of furan rings is 1. The Morgan fingerprint density at radius 3 is 2.75 bits per heavy atom. The lowest BCUT2D eigenvalue weighted by Crippen LogP contribution is -2.22. The van der Waals surface area contributed by atoms with Gasteiger partial charge < -0.3 is 21.2 Å². The first-order valence-electron chi connectivity index (χ1n) is 9.07. The number of amides is 2. The number of benzene rings is 1. The highest BCUT2D eigenvalue weighted by Crippen LogP contribution is 2.19. The third-order valence-corrected chi connectivity index (χ3v) is 4.21. The van der Waals surface area contributed by atoms with Crippen LogP contribution in [0.25, 0.3) is 5.82 Å². The zero-order valence-electron chi connectivity index (χ0n) is 16.3. The number of anilines is 2. The number of nitrogens with two attached hydrogens (primary N) is 2. The third kappa shape index (κ3) is 4.13. The highest BCUT2D eigenvalue weighted by atomic mass is 16.6. The smallest absolute Gasteiger partial charge is 0.293 e. The molecule has 3 heterocycles. The predicted octanol–water partition coefficient (Wildman–Crippen LogP) is 0.300. The van der Waals surface area contributed by atoms with Crippen molar-refractivity contribution in [3.05, 3.63) is 65.4 Å². The molecule has 6 N–H and O–H groups in total. The number of hydrogen-bond acceptors (Lipinski definition) is 11. The molecule has 2 amide bonds. The lowest BCUT2D eigenvalue weighted by Gasteiger charge is -2.11. The van der Waals surface area contributed by atoms with Gasteiger partial charge in [0.25, 0.3) is 11.8 Å². The van der Waals surface area contributed by atoms with Crippen LogP contribution in [0.3, 0.4) is 0 Å². The number of hydrazone groups is 1. The van der Waals surface area contributed by atoms with Crippen molar-refractivity contribution in [1.29, 1.82) is 0 Å². The first-order chi connectivity index (χ1) is 15.5. The van der Waals surface area contributed by atoms with Gasteiger partial charge in [0.1, 0.15) is 5.76 Å². The molecule has 0 saturated carbocycles. The van der Waals surface area contributed by atoms with Crippen molar-refractivity contribution in [3.8, 4) is 5.82 Å². The minimum atomic E-state index is -0.658. The number of nitrogens with one attached hydrogen (secondary N) is 2. The Morgan fingerprint density at radius 1 is 1.19 bits per heavy atom. The topological polar surface area (TPSA) is 205 Å². The molecule has 0 spiro atoms. The zero-order chi connectivity index (χ0) is 22.5. The molecule has 0 bridgehead atoms. The molecule has 4 rings (SSSR count). The van der Waals surface area contributed by atoms with Crippen LogP contribution in [0.1, 0.15) is 32.3 Å². The number of hydrogen-bond donors (Lipinski definition) is 4. The summed E-state index contributed by atoms with van der Waals surface area (Å²) in [4.78, 5) is 24.4. The van der Waals surface area contributed by atoms with Crippen molar-refractivity contribution in [2.75, 3.05) is 11.1 Å². The second-order valence-corrected chi connectivity index (χ2v) is 6.25. The summed E-state index contributed by atoms with van der Waals surface area (Å²) in [7, 11) is 0. The van der Waals surface area contributed by atoms with Gasteiger partial charge in [-0.25, -0.2) is 10.1 Å². The Balaban J connectivity index is 1.63. The van der Waals surface area contributed by atoms with Crippen molar-refractivity contribution in [2.24, 2.45) is 10.8 Å². The molecule has 0 atom stereocenters. The van der Waals surface area contributed by atoms with Gasteiger partial charge in [0.15, 0.2) is 5.69 Å². The molecule has 0 aliphatic carbocycles. The maximum absolute atomic E-state index is 12.7. The van der Waals surface area contributed by atoms with Gasteiger partial charge in [-0.3, -0.25) is 9.59 Å². The quantitative estimate of drug-likeness (QED) is 0.219. The van der Waals surface area contributed by atoms with Crippen LogP contribution in [0.5, 0.6) is 0 Å². The SMILES string of the molecule is NC(=O)c1ccccc1NCc1c(C(=O)N/N=C\c2ccco2)nnn1-c1nonc1N. The second kappa shape index (κ2) is 8.78. The van der Waals surface area contributed by atoms with Crippen LogP contribution in [-0.2, 0) is 6.54 Å². The number of nitrogens with zero attached hydrogens (tertiary/aromatic N) is 6. The van der Waals surface area contributed by atoms with Crippen LogP contribution in [0.2, 0.25) is 0 Å². The van der Waals surface area contributed by atoms with Crippen LogP contribution in [0, 0.1) is 0 Å². The fraction of sp³-hybridized carbons (Fsp3) is 0.0556. The molecule has 0 fully saturated rings.